The molecule has 0 saturated heterocycles. The van der Waals surface area contributed by atoms with Crippen LogP contribution in [0, 0.1) is 0 Å². The maximum absolute atomic E-state index is 12.2. The third-order valence-corrected chi connectivity index (χ3v) is 5.35. The van der Waals surface area contributed by atoms with E-state index in [1.54, 1.807) is 36.4 Å². The lowest BCUT2D eigenvalue weighted by Crippen LogP contribution is -2.13. The highest BCUT2D eigenvalue weighted by Gasteiger charge is 2.17. The molecule has 0 heterocycles. The Balaban J connectivity index is 2.38. The van der Waals surface area contributed by atoms with Gasteiger partial charge in [-0.05, 0) is 52.3 Å². The van der Waals surface area contributed by atoms with Gasteiger partial charge in [0.25, 0.3) is 10.0 Å². The predicted octanol–water partition coefficient (Wildman–Crippen LogP) is 4.67. The Hall–Kier alpha value is -0.560. The summed E-state index contributed by atoms with van der Waals surface area (Å²) in [6.45, 7) is 0. The fourth-order valence-electron chi connectivity index (χ4n) is 1.46. The van der Waals surface area contributed by atoms with E-state index in [1.807, 2.05) is 0 Å². The molecule has 100 valence electrons. The van der Waals surface area contributed by atoms with Gasteiger partial charge in [0.1, 0.15) is 4.90 Å². The minimum atomic E-state index is -3.65. The lowest BCUT2D eigenvalue weighted by atomic mass is 10.3. The predicted molar refractivity (Wildman–Crippen MR) is 84.1 cm³/mol. The summed E-state index contributed by atoms with van der Waals surface area (Å²) in [5.41, 5.74) is 0.419. The van der Waals surface area contributed by atoms with Gasteiger partial charge in [-0.2, -0.15) is 0 Å². The Bertz CT molecular complexity index is 719. The van der Waals surface area contributed by atoms with Crippen molar-refractivity contribution in [3.8, 4) is 0 Å². The second-order valence-electron chi connectivity index (χ2n) is 3.69. The third-order valence-electron chi connectivity index (χ3n) is 2.26. The topological polar surface area (TPSA) is 46.2 Å². The molecule has 3 nitrogen and oxygen atoms in total. The second-order valence-corrected chi connectivity index (χ2v) is 7.55. The summed E-state index contributed by atoms with van der Waals surface area (Å²) in [6.07, 6.45) is 0. The van der Waals surface area contributed by atoms with Crippen molar-refractivity contribution in [2.45, 2.75) is 4.90 Å². The fourth-order valence-corrected chi connectivity index (χ4v) is 4.44. The first-order chi connectivity index (χ1) is 8.88. The van der Waals surface area contributed by atoms with Gasteiger partial charge in [-0.1, -0.05) is 33.6 Å². The summed E-state index contributed by atoms with van der Waals surface area (Å²) in [7, 11) is -3.65. The van der Waals surface area contributed by atoms with Crippen LogP contribution in [0.25, 0.3) is 0 Å². The molecule has 1 N–H and O–H groups in total. The van der Waals surface area contributed by atoms with Crippen LogP contribution in [0.1, 0.15) is 0 Å². The molecule has 0 aliphatic rings. The Morgan fingerprint density at radius 3 is 2.42 bits per heavy atom. The highest BCUT2D eigenvalue weighted by molar-refractivity contribution is 9.11. The smallest absolute Gasteiger partial charge is 0.263 e. The minimum Gasteiger partial charge on any atom is -0.280 e. The van der Waals surface area contributed by atoms with Crippen LogP contribution in [0.4, 0.5) is 5.69 Å². The Labute approximate surface area is 133 Å². The van der Waals surface area contributed by atoms with Gasteiger partial charge in [0.2, 0.25) is 0 Å². The summed E-state index contributed by atoms with van der Waals surface area (Å²) in [4.78, 5) is 0.163. The number of hydrogen-bond acceptors (Lipinski definition) is 2. The van der Waals surface area contributed by atoms with Crippen molar-refractivity contribution in [1.29, 1.82) is 0 Å². The maximum Gasteiger partial charge on any atom is 0.263 e. The van der Waals surface area contributed by atoms with Gasteiger partial charge in [0, 0.05) is 14.0 Å². The molecular formula is C12H8Br2ClNO2S. The van der Waals surface area contributed by atoms with Crippen molar-refractivity contribution in [2.75, 3.05) is 4.72 Å². The molecule has 0 spiro atoms. The summed E-state index contributed by atoms with van der Waals surface area (Å²) in [5.74, 6) is 0. The molecule has 0 unspecified atom stereocenters. The first-order valence-electron chi connectivity index (χ1n) is 5.12. The lowest BCUT2D eigenvalue weighted by Gasteiger charge is -2.10. The van der Waals surface area contributed by atoms with E-state index < -0.39 is 10.0 Å². The number of benzene rings is 2. The molecule has 2 rings (SSSR count). The van der Waals surface area contributed by atoms with Crippen molar-refractivity contribution in [2.24, 2.45) is 0 Å². The molecule has 19 heavy (non-hydrogen) atoms. The molecule has 0 amide bonds. The van der Waals surface area contributed by atoms with Gasteiger partial charge >= 0.3 is 0 Å². The van der Waals surface area contributed by atoms with Crippen molar-refractivity contribution in [3.05, 3.63) is 56.4 Å². The average molecular weight is 426 g/mol. The van der Waals surface area contributed by atoms with Crippen LogP contribution in [-0.4, -0.2) is 8.42 Å². The first-order valence-corrected chi connectivity index (χ1v) is 8.57. The molecule has 2 aromatic rings. The zero-order valence-electron chi connectivity index (χ0n) is 9.40. The zero-order chi connectivity index (χ0) is 14.0. The first kappa shape index (κ1) is 14.8. The van der Waals surface area contributed by atoms with Crippen LogP contribution in [-0.2, 0) is 10.0 Å². The molecule has 7 heteroatoms. The second kappa shape index (κ2) is 5.83. The van der Waals surface area contributed by atoms with Crippen molar-refractivity contribution in [3.63, 3.8) is 0 Å². The largest absolute Gasteiger partial charge is 0.280 e. The quantitative estimate of drug-likeness (QED) is 0.777. The molecule has 0 aliphatic carbocycles. The van der Waals surface area contributed by atoms with E-state index in [1.165, 1.54) is 6.07 Å². The van der Waals surface area contributed by atoms with E-state index >= 15 is 0 Å². The van der Waals surface area contributed by atoms with Gasteiger partial charge in [0.05, 0.1) is 5.69 Å². The molecule has 0 atom stereocenters. The van der Waals surface area contributed by atoms with Crippen molar-refractivity contribution >= 4 is 59.2 Å². The van der Waals surface area contributed by atoms with E-state index in [4.69, 9.17) is 11.6 Å². The van der Waals surface area contributed by atoms with E-state index in [0.717, 1.165) is 4.47 Å². The van der Waals surface area contributed by atoms with E-state index in [2.05, 4.69) is 36.6 Å². The number of sulfonamides is 1. The van der Waals surface area contributed by atoms with Crippen molar-refractivity contribution < 1.29 is 8.42 Å². The van der Waals surface area contributed by atoms with Crippen LogP contribution in [0.15, 0.2) is 56.3 Å². The summed E-state index contributed by atoms with van der Waals surface area (Å²) in [5, 5.41) is 0.468. The number of rotatable bonds is 3. The molecule has 2 aromatic carbocycles. The van der Waals surface area contributed by atoms with Gasteiger partial charge < -0.3 is 0 Å². The molecular weight excluding hydrogens is 417 g/mol. The number of halogens is 3. The molecule has 0 radical (unpaired) electrons. The molecule has 0 bridgehead atoms. The summed E-state index contributed by atoms with van der Waals surface area (Å²) < 4.78 is 28.2. The van der Waals surface area contributed by atoms with E-state index in [9.17, 15) is 8.42 Å². The Kier molecular flexibility index (Phi) is 4.55. The molecule has 0 aromatic heterocycles. The van der Waals surface area contributed by atoms with Crippen LogP contribution in [0.5, 0.6) is 0 Å². The van der Waals surface area contributed by atoms with Crippen LogP contribution in [0.2, 0.25) is 5.02 Å². The number of anilines is 1. The molecule has 0 fully saturated rings. The minimum absolute atomic E-state index is 0.163. The fraction of sp³-hybridized carbons (Fsp3) is 0. The lowest BCUT2D eigenvalue weighted by molar-refractivity contribution is 0.600. The van der Waals surface area contributed by atoms with Gasteiger partial charge in [-0.15, -0.1) is 0 Å². The maximum atomic E-state index is 12.2. The summed E-state index contributed by atoms with van der Waals surface area (Å²) >= 11 is 12.3. The van der Waals surface area contributed by atoms with Crippen LogP contribution < -0.4 is 4.72 Å². The van der Waals surface area contributed by atoms with Gasteiger partial charge in [-0.3, -0.25) is 4.72 Å². The normalized spacial score (nSPS) is 11.3. The SMILES string of the molecule is O=S(=O)(Nc1cccc(Cl)c1)c1ccc(Br)cc1Br. The van der Waals surface area contributed by atoms with Crippen LogP contribution in [0.3, 0.4) is 0 Å². The van der Waals surface area contributed by atoms with Gasteiger partial charge in [0.15, 0.2) is 0 Å². The zero-order valence-corrected chi connectivity index (χ0v) is 14.1. The average Bonchev–Trinajstić information content (AvgIpc) is 2.27. The standard InChI is InChI=1S/C12H8Br2ClNO2S/c13-8-4-5-12(11(14)6-8)19(17,18)16-10-3-1-2-9(15)7-10/h1-7,16H. The number of hydrogen-bond donors (Lipinski definition) is 1. The van der Waals surface area contributed by atoms with E-state index in [-0.39, 0.29) is 4.90 Å². The molecule has 0 saturated carbocycles. The monoisotopic (exact) mass is 423 g/mol. The highest BCUT2D eigenvalue weighted by Crippen LogP contribution is 2.27. The molecule has 0 aliphatic heterocycles. The van der Waals surface area contributed by atoms with Gasteiger partial charge in [-0.25, -0.2) is 8.42 Å². The number of nitrogens with one attached hydrogen (secondary N) is 1. The third kappa shape index (κ3) is 3.72. The Morgan fingerprint density at radius 1 is 1.05 bits per heavy atom. The summed E-state index contributed by atoms with van der Waals surface area (Å²) in [6, 6.07) is 11.4. The van der Waals surface area contributed by atoms with E-state index in [0.29, 0.717) is 15.2 Å². The van der Waals surface area contributed by atoms with Crippen LogP contribution >= 0.6 is 43.5 Å². The van der Waals surface area contributed by atoms with Crippen molar-refractivity contribution in [1.82, 2.24) is 0 Å². The Morgan fingerprint density at radius 2 is 1.79 bits per heavy atom. The highest BCUT2D eigenvalue weighted by atomic mass is 79.9.